The van der Waals surface area contributed by atoms with Crippen LogP contribution < -0.4 is 5.32 Å². The first-order chi connectivity index (χ1) is 7.18. The maximum absolute atomic E-state index is 11.8. The predicted molar refractivity (Wildman–Crippen MR) is 65.2 cm³/mol. The molecule has 0 aliphatic carbocycles. The van der Waals surface area contributed by atoms with Crippen molar-refractivity contribution < 1.29 is 9.53 Å². The smallest absolute Gasteiger partial charge is 0.220 e. The van der Waals surface area contributed by atoms with Crippen LogP contribution in [0.5, 0.6) is 0 Å². The van der Waals surface area contributed by atoms with Gasteiger partial charge in [-0.25, -0.2) is 0 Å². The van der Waals surface area contributed by atoms with Crippen molar-refractivity contribution in [3.05, 3.63) is 0 Å². The minimum absolute atomic E-state index is 0.125. The highest BCUT2D eigenvalue weighted by atomic mass is 16.5. The summed E-state index contributed by atoms with van der Waals surface area (Å²) >= 11 is 0. The molecular formula is C13H25NO2. The molecule has 1 amide bonds. The third kappa shape index (κ3) is 4.97. The summed E-state index contributed by atoms with van der Waals surface area (Å²) < 4.78 is 5.07. The maximum Gasteiger partial charge on any atom is 0.220 e. The molecule has 1 N–H and O–H groups in total. The maximum atomic E-state index is 11.8. The van der Waals surface area contributed by atoms with E-state index in [9.17, 15) is 4.79 Å². The Morgan fingerprint density at radius 2 is 1.81 bits per heavy atom. The lowest BCUT2D eigenvalue weighted by atomic mass is 9.81. The topological polar surface area (TPSA) is 38.3 Å². The van der Waals surface area contributed by atoms with E-state index in [2.05, 4.69) is 39.9 Å². The van der Waals surface area contributed by atoms with E-state index < -0.39 is 0 Å². The van der Waals surface area contributed by atoms with Crippen LogP contribution in [0.3, 0.4) is 0 Å². The second-order valence-corrected chi connectivity index (χ2v) is 6.78. The van der Waals surface area contributed by atoms with E-state index in [0.29, 0.717) is 12.3 Å². The fourth-order valence-corrected chi connectivity index (χ4v) is 2.46. The van der Waals surface area contributed by atoms with Crippen LogP contribution in [0.25, 0.3) is 0 Å². The van der Waals surface area contributed by atoms with Gasteiger partial charge >= 0.3 is 0 Å². The highest BCUT2D eigenvalue weighted by Crippen LogP contribution is 2.27. The van der Waals surface area contributed by atoms with Crippen LogP contribution in [-0.2, 0) is 9.53 Å². The van der Waals surface area contributed by atoms with Gasteiger partial charge in [-0.1, -0.05) is 20.8 Å². The summed E-state index contributed by atoms with van der Waals surface area (Å²) in [6, 6.07) is 0. The molecule has 1 aliphatic rings. The highest BCUT2D eigenvalue weighted by molar-refractivity contribution is 5.77. The molecule has 1 aliphatic heterocycles. The first-order valence-corrected chi connectivity index (χ1v) is 6.07. The molecule has 3 nitrogen and oxygen atoms in total. The van der Waals surface area contributed by atoms with Crippen molar-refractivity contribution in [2.24, 2.45) is 11.3 Å². The zero-order chi connectivity index (χ0) is 12.4. The number of carbonyl (C=O) groups is 1. The van der Waals surface area contributed by atoms with Gasteiger partial charge in [0.25, 0.3) is 0 Å². The number of rotatable bonds is 4. The van der Waals surface area contributed by atoms with Gasteiger partial charge in [-0.2, -0.15) is 0 Å². The quantitative estimate of drug-likeness (QED) is 0.800. The van der Waals surface area contributed by atoms with Gasteiger partial charge in [0.15, 0.2) is 0 Å². The first kappa shape index (κ1) is 13.5. The average Bonchev–Trinajstić information content (AvgIpc) is 1.90. The Morgan fingerprint density at radius 1 is 1.25 bits per heavy atom. The van der Waals surface area contributed by atoms with Crippen LogP contribution >= 0.6 is 0 Å². The van der Waals surface area contributed by atoms with Gasteiger partial charge in [0.2, 0.25) is 5.91 Å². The van der Waals surface area contributed by atoms with E-state index in [1.54, 1.807) is 0 Å². The second-order valence-electron chi connectivity index (χ2n) is 6.78. The lowest BCUT2D eigenvalue weighted by Crippen LogP contribution is -2.47. The zero-order valence-corrected chi connectivity index (χ0v) is 11.2. The van der Waals surface area contributed by atoms with Gasteiger partial charge in [0, 0.05) is 17.9 Å². The van der Waals surface area contributed by atoms with Crippen LogP contribution in [0.1, 0.15) is 47.5 Å². The monoisotopic (exact) mass is 227 g/mol. The van der Waals surface area contributed by atoms with Gasteiger partial charge in [0.05, 0.1) is 13.2 Å². The van der Waals surface area contributed by atoms with Gasteiger partial charge in [-0.05, 0) is 25.7 Å². The molecule has 1 saturated heterocycles. The first-order valence-electron chi connectivity index (χ1n) is 6.07. The van der Waals surface area contributed by atoms with Crippen molar-refractivity contribution in [3.8, 4) is 0 Å². The molecule has 16 heavy (non-hydrogen) atoms. The Balaban J connectivity index is 2.35. The summed E-state index contributed by atoms with van der Waals surface area (Å²) in [6.07, 6.45) is 1.58. The van der Waals surface area contributed by atoms with Gasteiger partial charge in [-0.3, -0.25) is 4.79 Å². The van der Waals surface area contributed by atoms with Crippen LogP contribution in [0.2, 0.25) is 0 Å². The molecule has 94 valence electrons. The molecule has 0 spiro atoms. The number of nitrogens with one attached hydrogen (secondary N) is 1. The molecule has 1 heterocycles. The zero-order valence-electron chi connectivity index (χ0n) is 11.2. The van der Waals surface area contributed by atoms with Crippen molar-refractivity contribution >= 4 is 5.91 Å². The SMILES string of the molecule is CC(C)(C)CC(C)(C)NC(=O)CC1COC1. The standard InChI is InChI=1S/C13H25NO2/c1-12(2,3)9-13(4,5)14-11(15)6-10-7-16-8-10/h10H,6-9H2,1-5H3,(H,14,15). The molecule has 0 bridgehead atoms. The molecule has 0 aromatic rings. The minimum Gasteiger partial charge on any atom is -0.381 e. The fraction of sp³-hybridized carbons (Fsp3) is 0.923. The summed E-state index contributed by atoms with van der Waals surface area (Å²) in [4.78, 5) is 11.8. The number of amides is 1. The molecular weight excluding hydrogens is 202 g/mol. The van der Waals surface area contributed by atoms with Gasteiger partial charge in [0.1, 0.15) is 0 Å². The summed E-state index contributed by atoms with van der Waals surface area (Å²) in [5.41, 5.74) is 0.107. The van der Waals surface area contributed by atoms with Gasteiger partial charge in [-0.15, -0.1) is 0 Å². The van der Waals surface area contributed by atoms with Crippen molar-refractivity contribution in [1.29, 1.82) is 0 Å². The molecule has 0 saturated carbocycles. The molecule has 0 atom stereocenters. The average molecular weight is 227 g/mol. The molecule has 0 radical (unpaired) electrons. The largest absolute Gasteiger partial charge is 0.381 e. The number of carbonyl (C=O) groups excluding carboxylic acids is 1. The van der Waals surface area contributed by atoms with E-state index in [-0.39, 0.29) is 16.9 Å². The van der Waals surface area contributed by atoms with Crippen molar-refractivity contribution in [2.75, 3.05) is 13.2 Å². The Hall–Kier alpha value is -0.570. The lowest BCUT2D eigenvalue weighted by Gasteiger charge is -2.34. The van der Waals surface area contributed by atoms with Crippen LogP contribution in [0, 0.1) is 11.3 Å². The molecule has 0 aromatic heterocycles. The van der Waals surface area contributed by atoms with Gasteiger partial charge < -0.3 is 10.1 Å². The number of hydrogen-bond acceptors (Lipinski definition) is 2. The molecule has 0 unspecified atom stereocenters. The lowest BCUT2D eigenvalue weighted by molar-refractivity contribution is -0.128. The van der Waals surface area contributed by atoms with E-state index in [1.165, 1.54) is 0 Å². The summed E-state index contributed by atoms with van der Waals surface area (Å²) in [6.45, 7) is 12.3. The highest BCUT2D eigenvalue weighted by Gasteiger charge is 2.29. The molecule has 1 fully saturated rings. The predicted octanol–water partition coefficient (Wildman–Crippen LogP) is 2.35. The van der Waals surface area contributed by atoms with Crippen LogP contribution in [0.4, 0.5) is 0 Å². The third-order valence-electron chi connectivity index (χ3n) is 2.63. The normalized spacial score (nSPS) is 18.1. The minimum atomic E-state index is -0.125. The Morgan fingerprint density at radius 3 is 2.19 bits per heavy atom. The van der Waals surface area contributed by atoms with Crippen molar-refractivity contribution in [3.63, 3.8) is 0 Å². The molecule has 0 aromatic carbocycles. The summed E-state index contributed by atoms with van der Waals surface area (Å²) in [5.74, 6) is 0.591. The number of hydrogen-bond donors (Lipinski definition) is 1. The van der Waals surface area contributed by atoms with Crippen LogP contribution in [0.15, 0.2) is 0 Å². The van der Waals surface area contributed by atoms with Crippen molar-refractivity contribution in [2.45, 2.75) is 53.0 Å². The van der Waals surface area contributed by atoms with E-state index in [0.717, 1.165) is 19.6 Å². The molecule has 3 heteroatoms. The summed E-state index contributed by atoms with van der Waals surface area (Å²) in [5, 5.41) is 3.12. The van der Waals surface area contributed by atoms with E-state index >= 15 is 0 Å². The fourth-order valence-electron chi connectivity index (χ4n) is 2.46. The summed E-state index contributed by atoms with van der Waals surface area (Å²) in [7, 11) is 0. The van der Waals surface area contributed by atoms with E-state index in [1.807, 2.05) is 0 Å². The third-order valence-corrected chi connectivity index (χ3v) is 2.63. The Labute approximate surface area is 98.9 Å². The Kier molecular flexibility index (Phi) is 4.00. The Bertz CT molecular complexity index is 249. The number of ether oxygens (including phenoxy) is 1. The van der Waals surface area contributed by atoms with E-state index in [4.69, 9.17) is 4.74 Å². The molecule has 1 rings (SSSR count). The second kappa shape index (κ2) is 4.74. The van der Waals surface area contributed by atoms with Crippen LogP contribution in [-0.4, -0.2) is 24.7 Å². The van der Waals surface area contributed by atoms with Crippen molar-refractivity contribution in [1.82, 2.24) is 5.32 Å².